The molecule has 1 aliphatic heterocycles. The molecule has 1 saturated heterocycles. The van der Waals surface area contributed by atoms with Gasteiger partial charge in [-0.25, -0.2) is 19.2 Å². The molecular weight excluding hydrogens is 582 g/mol. The first-order valence-corrected chi connectivity index (χ1v) is 13.2. The van der Waals surface area contributed by atoms with Crippen molar-refractivity contribution in [2.24, 2.45) is 7.05 Å². The summed E-state index contributed by atoms with van der Waals surface area (Å²) >= 11 is 0. The lowest BCUT2D eigenvalue weighted by molar-refractivity contribution is -0.137. The summed E-state index contributed by atoms with van der Waals surface area (Å²) in [5, 5.41) is 9.38. The number of fused-ring (bicyclic) bond motifs is 1. The Hall–Kier alpha value is -4.33. The van der Waals surface area contributed by atoms with E-state index in [4.69, 9.17) is 4.74 Å². The Kier molecular flexibility index (Phi) is 8.49. The summed E-state index contributed by atoms with van der Waals surface area (Å²) in [7, 11) is 1.68. The summed E-state index contributed by atoms with van der Waals surface area (Å²) in [6, 6.07) is 9.87. The van der Waals surface area contributed by atoms with Gasteiger partial charge in [0.15, 0.2) is 5.75 Å². The zero-order valence-electron chi connectivity index (χ0n) is 22.7. The van der Waals surface area contributed by atoms with E-state index in [1.54, 1.807) is 23.7 Å². The van der Waals surface area contributed by atoms with Crippen LogP contribution >= 0.6 is 0 Å². The Morgan fingerprint density at radius 2 is 1.84 bits per heavy atom. The molecule has 43 heavy (non-hydrogen) atoms. The van der Waals surface area contributed by atoms with E-state index in [0.29, 0.717) is 37.0 Å². The number of halogens is 6. The first kappa shape index (κ1) is 30.1. The average molecular weight is 609 g/mol. The van der Waals surface area contributed by atoms with E-state index in [9.17, 15) is 36.2 Å². The van der Waals surface area contributed by atoms with Crippen molar-refractivity contribution in [1.82, 2.24) is 19.4 Å². The van der Waals surface area contributed by atoms with Crippen LogP contribution in [0.4, 0.5) is 26.3 Å². The number of carboxylic acid groups (broad SMARTS) is 1. The van der Waals surface area contributed by atoms with E-state index in [1.807, 2.05) is 6.07 Å². The molecule has 2 aromatic carbocycles. The Balaban J connectivity index is 1.22. The van der Waals surface area contributed by atoms with Crippen LogP contribution in [0.15, 0.2) is 48.5 Å². The summed E-state index contributed by atoms with van der Waals surface area (Å²) in [5.41, 5.74) is -0.0197. The maximum Gasteiger partial charge on any atom is 0.416 e. The second-order valence-electron chi connectivity index (χ2n) is 10.2. The molecule has 8 nitrogen and oxygen atoms in total. The molecule has 1 N–H and O–H groups in total. The van der Waals surface area contributed by atoms with Crippen LogP contribution in [0.2, 0.25) is 0 Å². The van der Waals surface area contributed by atoms with Crippen LogP contribution in [0.5, 0.6) is 11.6 Å². The zero-order chi connectivity index (χ0) is 30.9. The summed E-state index contributed by atoms with van der Waals surface area (Å²) < 4.78 is 90.3. The highest BCUT2D eigenvalue weighted by molar-refractivity contribution is 5.95. The molecule has 0 amide bonds. The molecule has 14 heteroatoms. The highest BCUT2D eigenvalue weighted by Crippen LogP contribution is 2.33. The summed E-state index contributed by atoms with van der Waals surface area (Å²) in [5.74, 6) is -1.73. The number of pyridine rings is 1. The number of hydrogen-bond donors (Lipinski definition) is 1. The molecule has 3 heterocycles. The molecule has 228 valence electrons. The number of aromatic nitrogens is 3. The second-order valence-corrected chi connectivity index (χ2v) is 10.2. The lowest BCUT2D eigenvalue weighted by Crippen LogP contribution is -2.33. The number of benzene rings is 2. The summed E-state index contributed by atoms with van der Waals surface area (Å²) in [6.45, 7) is -1.70. The molecule has 0 spiro atoms. The third kappa shape index (κ3) is 6.85. The van der Waals surface area contributed by atoms with Gasteiger partial charge in [0.05, 0.1) is 23.2 Å². The predicted octanol–water partition coefficient (Wildman–Crippen LogP) is 6.38. The predicted molar refractivity (Wildman–Crippen MR) is 142 cm³/mol. The zero-order valence-corrected chi connectivity index (χ0v) is 22.7. The topological polar surface area (TPSA) is 89.7 Å². The summed E-state index contributed by atoms with van der Waals surface area (Å²) in [6.07, 6.45) is -3.17. The fourth-order valence-electron chi connectivity index (χ4n) is 5.07. The fourth-order valence-corrected chi connectivity index (χ4v) is 5.07. The van der Waals surface area contributed by atoms with Crippen LogP contribution in [0, 0.1) is 5.82 Å². The van der Waals surface area contributed by atoms with Gasteiger partial charge in [-0.15, -0.1) is 0 Å². The Morgan fingerprint density at radius 1 is 1.09 bits per heavy atom. The van der Waals surface area contributed by atoms with E-state index in [2.05, 4.69) is 19.6 Å². The van der Waals surface area contributed by atoms with Crippen molar-refractivity contribution >= 4 is 17.0 Å². The number of aryl methyl sites for hydroxylation is 1. The maximum absolute atomic E-state index is 14.2. The average Bonchev–Trinajstić information content (AvgIpc) is 3.27. The number of carboxylic acids is 1. The molecule has 2 aromatic heterocycles. The normalized spacial score (nSPS) is 14.9. The molecule has 5 rings (SSSR count). The molecular formula is C29H26F6N4O4. The third-order valence-corrected chi connectivity index (χ3v) is 7.38. The second kappa shape index (κ2) is 12.1. The van der Waals surface area contributed by atoms with Crippen molar-refractivity contribution in [2.75, 3.05) is 13.1 Å². The number of alkyl halides is 5. The van der Waals surface area contributed by atoms with Crippen molar-refractivity contribution in [3.63, 3.8) is 0 Å². The van der Waals surface area contributed by atoms with Crippen molar-refractivity contribution in [1.29, 1.82) is 0 Å². The number of aromatic carboxylic acids is 1. The maximum atomic E-state index is 14.2. The lowest BCUT2D eigenvalue weighted by Gasteiger charge is -2.31. The first-order chi connectivity index (χ1) is 20.4. The van der Waals surface area contributed by atoms with Gasteiger partial charge in [-0.2, -0.15) is 22.0 Å². The molecule has 0 unspecified atom stereocenters. The van der Waals surface area contributed by atoms with Gasteiger partial charge in [-0.3, -0.25) is 4.90 Å². The van der Waals surface area contributed by atoms with Crippen molar-refractivity contribution in [3.05, 3.63) is 82.6 Å². The van der Waals surface area contributed by atoms with Crippen LogP contribution in [0.3, 0.4) is 0 Å². The largest absolute Gasteiger partial charge is 0.478 e. The highest BCUT2D eigenvalue weighted by atomic mass is 19.4. The van der Waals surface area contributed by atoms with Crippen LogP contribution in [-0.4, -0.2) is 50.2 Å². The Bertz CT molecular complexity index is 1630. The minimum absolute atomic E-state index is 0.0254. The minimum Gasteiger partial charge on any atom is -0.478 e. The highest BCUT2D eigenvalue weighted by Gasteiger charge is 2.31. The van der Waals surface area contributed by atoms with Gasteiger partial charge >= 0.3 is 18.8 Å². The molecule has 1 aliphatic rings. The SMILES string of the molecule is Cn1c(CN2CCC(c3cccc(OCc4ccc(C(F)(F)F)cc4F)n3)CC2)nc2c(OC(F)F)cc(C(=O)O)cc21. The number of hydrogen-bond acceptors (Lipinski definition) is 6. The number of carbonyl (C=O) groups is 1. The van der Waals surface area contributed by atoms with Crippen molar-refractivity contribution in [2.45, 2.75) is 44.7 Å². The number of imidazole rings is 1. The van der Waals surface area contributed by atoms with Gasteiger partial charge < -0.3 is 19.1 Å². The third-order valence-electron chi connectivity index (χ3n) is 7.38. The smallest absolute Gasteiger partial charge is 0.416 e. The Labute approximate surface area is 241 Å². The van der Waals surface area contributed by atoms with E-state index >= 15 is 0 Å². The van der Waals surface area contributed by atoms with Gasteiger partial charge in [-0.05, 0) is 56.3 Å². The number of piperidine rings is 1. The van der Waals surface area contributed by atoms with Gasteiger partial charge in [0.1, 0.15) is 23.8 Å². The van der Waals surface area contributed by atoms with Crippen LogP contribution in [0.1, 0.15) is 51.8 Å². The molecule has 0 aliphatic carbocycles. The lowest BCUT2D eigenvalue weighted by atomic mass is 9.93. The quantitative estimate of drug-likeness (QED) is 0.221. The van der Waals surface area contributed by atoms with Crippen molar-refractivity contribution < 1.29 is 45.7 Å². The number of rotatable bonds is 9. The Morgan fingerprint density at radius 3 is 2.49 bits per heavy atom. The number of likely N-dealkylation sites (tertiary alicyclic amines) is 1. The minimum atomic E-state index is -4.64. The molecule has 4 aromatic rings. The number of ether oxygens (including phenoxy) is 2. The van der Waals surface area contributed by atoms with Gasteiger partial charge in [-0.1, -0.05) is 12.1 Å². The summed E-state index contributed by atoms with van der Waals surface area (Å²) in [4.78, 5) is 22.6. The van der Waals surface area contributed by atoms with Crippen LogP contribution in [0.25, 0.3) is 11.0 Å². The van der Waals surface area contributed by atoms with Crippen LogP contribution in [-0.2, 0) is 26.4 Å². The molecule has 0 radical (unpaired) electrons. The van der Waals surface area contributed by atoms with Crippen molar-refractivity contribution in [3.8, 4) is 11.6 Å². The van der Waals surface area contributed by atoms with E-state index in [0.717, 1.165) is 36.7 Å². The molecule has 1 fully saturated rings. The van der Waals surface area contributed by atoms with Gasteiger partial charge in [0, 0.05) is 30.3 Å². The van der Waals surface area contributed by atoms with E-state index in [1.165, 1.54) is 6.07 Å². The number of nitrogens with zero attached hydrogens (tertiary/aromatic N) is 4. The monoisotopic (exact) mass is 608 g/mol. The molecule has 0 atom stereocenters. The molecule has 0 saturated carbocycles. The standard InChI is InChI=1S/C29H26F6N4O4/c1-38-22-11-18(27(40)41)12-23(43-28(31)32)26(22)37-24(38)14-39-9-7-16(8-10-39)21-3-2-4-25(36-21)42-15-17-5-6-19(13-20(17)30)29(33,34)35/h2-6,11-13,16,28H,7-10,14-15H2,1H3,(H,40,41). The molecule has 0 bridgehead atoms. The van der Waals surface area contributed by atoms with E-state index in [-0.39, 0.29) is 40.8 Å². The fraction of sp³-hybridized carbons (Fsp3) is 0.345. The van der Waals surface area contributed by atoms with Gasteiger partial charge in [0.2, 0.25) is 5.88 Å². The van der Waals surface area contributed by atoms with Crippen LogP contribution < -0.4 is 9.47 Å². The first-order valence-electron chi connectivity index (χ1n) is 13.2. The van der Waals surface area contributed by atoms with Gasteiger partial charge in [0.25, 0.3) is 0 Å². The van der Waals surface area contributed by atoms with E-state index < -0.39 is 30.1 Å².